The summed E-state index contributed by atoms with van der Waals surface area (Å²) in [6, 6.07) is 16.4. The molecule has 33 heavy (non-hydrogen) atoms. The van der Waals surface area contributed by atoms with Crippen LogP contribution in [0, 0.1) is 18.8 Å². The summed E-state index contributed by atoms with van der Waals surface area (Å²) in [6.07, 6.45) is 2.47. The maximum absolute atomic E-state index is 13.1. The Kier molecular flexibility index (Phi) is 6.62. The molecule has 0 atom stereocenters. The number of fused-ring (bicyclic) bond motifs is 1. The van der Waals surface area contributed by atoms with Gasteiger partial charge in [-0.3, -0.25) is 4.79 Å². The van der Waals surface area contributed by atoms with Crippen molar-refractivity contribution in [2.45, 2.75) is 26.8 Å². The van der Waals surface area contributed by atoms with Gasteiger partial charge >= 0.3 is 5.97 Å². The first-order valence-corrected chi connectivity index (χ1v) is 11.4. The summed E-state index contributed by atoms with van der Waals surface area (Å²) < 4.78 is 8.07. The third kappa shape index (κ3) is 5.16. The van der Waals surface area contributed by atoms with Crippen LogP contribution >= 0.6 is 11.3 Å². The molecule has 166 valence electrons. The monoisotopic (exact) mass is 457 g/mol. The number of aromatic carboxylic acids is 1. The van der Waals surface area contributed by atoms with Gasteiger partial charge in [-0.25, -0.2) is 4.79 Å². The summed E-state index contributed by atoms with van der Waals surface area (Å²) in [6.45, 7) is 4.96. The number of hydrogen-bond donors (Lipinski definition) is 1. The first-order chi connectivity index (χ1) is 15.9. The van der Waals surface area contributed by atoms with Crippen molar-refractivity contribution >= 4 is 27.4 Å². The van der Waals surface area contributed by atoms with Gasteiger partial charge in [-0.1, -0.05) is 36.1 Å². The first kappa shape index (κ1) is 22.4. The highest BCUT2D eigenvalue weighted by atomic mass is 32.1. The number of carbonyl (C=O) groups is 1. The third-order valence-electron chi connectivity index (χ3n) is 5.22. The van der Waals surface area contributed by atoms with E-state index in [0.717, 1.165) is 32.0 Å². The van der Waals surface area contributed by atoms with Gasteiger partial charge < -0.3 is 14.4 Å². The Morgan fingerprint density at radius 1 is 1.09 bits per heavy atom. The lowest BCUT2D eigenvalue weighted by Crippen LogP contribution is -2.20. The van der Waals surface area contributed by atoms with Gasteiger partial charge in [0.05, 0.1) is 29.0 Å². The standard InChI is InChI=1S/C27H23NO4S/c1-3-32-22-13-9-19(10-14-22)5-4-6-23-15-24-25(33-23)18(2)16-28(26(24)29)17-20-7-11-21(12-8-20)27(30)31/h7-16H,3,5,17H2,1-2H3,(H,30,31). The molecule has 0 aliphatic rings. The second-order valence-electron chi connectivity index (χ2n) is 7.66. The van der Waals surface area contributed by atoms with E-state index in [0.29, 0.717) is 25.0 Å². The molecule has 0 amide bonds. The van der Waals surface area contributed by atoms with Crippen LogP contribution in [0.5, 0.6) is 5.75 Å². The molecule has 2 heterocycles. The molecule has 0 saturated heterocycles. The fourth-order valence-electron chi connectivity index (χ4n) is 3.58. The molecule has 0 saturated carbocycles. The molecule has 0 aliphatic heterocycles. The van der Waals surface area contributed by atoms with E-state index in [1.165, 1.54) is 11.3 Å². The number of aryl methyl sites for hydroxylation is 1. The van der Waals surface area contributed by atoms with E-state index in [-0.39, 0.29) is 11.1 Å². The van der Waals surface area contributed by atoms with Gasteiger partial charge in [0.2, 0.25) is 0 Å². The van der Waals surface area contributed by atoms with Crippen LogP contribution in [0.2, 0.25) is 0 Å². The van der Waals surface area contributed by atoms with Gasteiger partial charge in [-0.15, -0.1) is 11.3 Å². The Hall–Kier alpha value is -3.82. The van der Waals surface area contributed by atoms with E-state index in [9.17, 15) is 9.59 Å². The lowest BCUT2D eigenvalue weighted by atomic mass is 10.1. The van der Waals surface area contributed by atoms with E-state index in [2.05, 4.69) is 11.8 Å². The van der Waals surface area contributed by atoms with E-state index in [4.69, 9.17) is 9.84 Å². The topological polar surface area (TPSA) is 68.5 Å². The van der Waals surface area contributed by atoms with Crippen LogP contribution in [0.4, 0.5) is 0 Å². The summed E-state index contributed by atoms with van der Waals surface area (Å²) in [5, 5.41) is 9.71. The Balaban J connectivity index is 1.55. The van der Waals surface area contributed by atoms with Crippen molar-refractivity contribution in [2.75, 3.05) is 6.61 Å². The normalized spacial score (nSPS) is 10.6. The lowest BCUT2D eigenvalue weighted by molar-refractivity contribution is 0.0697. The summed E-state index contributed by atoms with van der Waals surface area (Å²) in [5.41, 5.74) is 3.14. The Bertz CT molecular complexity index is 1420. The number of pyridine rings is 1. The van der Waals surface area contributed by atoms with E-state index in [1.807, 2.05) is 50.4 Å². The quantitative estimate of drug-likeness (QED) is 0.409. The number of thiophene rings is 1. The molecule has 0 radical (unpaired) electrons. The van der Waals surface area contributed by atoms with Gasteiger partial charge in [0.15, 0.2) is 0 Å². The lowest BCUT2D eigenvalue weighted by Gasteiger charge is -2.08. The molecular weight excluding hydrogens is 434 g/mol. The molecule has 1 N–H and O–H groups in total. The third-order valence-corrected chi connectivity index (χ3v) is 6.41. The van der Waals surface area contributed by atoms with Crippen molar-refractivity contribution in [3.05, 3.63) is 98.3 Å². The van der Waals surface area contributed by atoms with Crippen molar-refractivity contribution in [2.24, 2.45) is 0 Å². The maximum atomic E-state index is 13.1. The van der Waals surface area contributed by atoms with E-state index >= 15 is 0 Å². The highest BCUT2D eigenvalue weighted by Crippen LogP contribution is 2.26. The average molecular weight is 458 g/mol. The van der Waals surface area contributed by atoms with Gasteiger partial charge in [-0.05, 0) is 60.9 Å². The van der Waals surface area contributed by atoms with Gasteiger partial charge in [0.1, 0.15) is 5.75 Å². The van der Waals surface area contributed by atoms with Crippen molar-refractivity contribution in [1.29, 1.82) is 0 Å². The Morgan fingerprint density at radius 3 is 2.45 bits per heavy atom. The van der Waals surface area contributed by atoms with Crippen molar-refractivity contribution in [3.8, 4) is 17.6 Å². The predicted octanol–water partition coefficient (Wildman–Crippen LogP) is 5.11. The highest BCUT2D eigenvalue weighted by Gasteiger charge is 2.11. The molecule has 5 nitrogen and oxygen atoms in total. The van der Waals surface area contributed by atoms with Gasteiger partial charge in [0, 0.05) is 17.3 Å². The zero-order valence-electron chi connectivity index (χ0n) is 18.4. The molecule has 0 unspecified atom stereocenters. The zero-order valence-corrected chi connectivity index (χ0v) is 19.2. The number of aromatic nitrogens is 1. The second kappa shape index (κ2) is 9.76. The molecule has 2 aromatic carbocycles. The van der Waals surface area contributed by atoms with E-state index in [1.54, 1.807) is 28.8 Å². The molecule has 0 bridgehead atoms. The number of carboxylic acid groups (broad SMARTS) is 1. The largest absolute Gasteiger partial charge is 0.494 e. The van der Waals surface area contributed by atoms with Crippen LogP contribution in [-0.2, 0) is 13.0 Å². The molecule has 0 aliphatic carbocycles. The van der Waals surface area contributed by atoms with Crippen molar-refractivity contribution in [1.82, 2.24) is 4.57 Å². The zero-order chi connectivity index (χ0) is 23.4. The molecule has 6 heteroatoms. The predicted molar refractivity (Wildman–Crippen MR) is 132 cm³/mol. The number of ether oxygens (including phenoxy) is 1. The minimum atomic E-state index is -0.967. The summed E-state index contributed by atoms with van der Waals surface area (Å²) >= 11 is 1.53. The molecular formula is C27H23NO4S. The molecule has 4 aromatic rings. The molecule has 4 rings (SSSR count). The average Bonchev–Trinajstić information content (AvgIpc) is 3.24. The molecule has 2 aromatic heterocycles. The number of carboxylic acids is 1. The second-order valence-corrected chi connectivity index (χ2v) is 8.71. The molecule has 0 spiro atoms. The van der Waals surface area contributed by atoms with Crippen LogP contribution < -0.4 is 10.3 Å². The number of nitrogens with zero attached hydrogens (tertiary/aromatic N) is 1. The molecule has 0 fully saturated rings. The Morgan fingerprint density at radius 2 is 1.79 bits per heavy atom. The summed E-state index contributed by atoms with van der Waals surface area (Å²) in [7, 11) is 0. The number of hydrogen-bond acceptors (Lipinski definition) is 4. The fraction of sp³-hybridized carbons (Fsp3) is 0.185. The SMILES string of the molecule is CCOc1ccc(CC#Cc2cc3c(=O)n(Cc4ccc(C(=O)O)cc4)cc(C)c3s2)cc1. The van der Waals surface area contributed by atoms with Crippen LogP contribution in [0.3, 0.4) is 0 Å². The van der Waals surface area contributed by atoms with E-state index < -0.39 is 5.97 Å². The van der Waals surface area contributed by atoms with Gasteiger partial charge in [0.25, 0.3) is 5.56 Å². The minimum absolute atomic E-state index is 0.0753. The van der Waals surface area contributed by atoms with Gasteiger partial charge in [-0.2, -0.15) is 0 Å². The number of benzene rings is 2. The van der Waals surface area contributed by atoms with Crippen molar-refractivity contribution in [3.63, 3.8) is 0 Å². The maximum Gasteiger partial charge on any atom is 0.335 e. The first-order valence-electron chi connectivity index (χ1n) is 10.6. The minimum Gasteiger partial charge on any atom is -0.494 e. The summed E-state index contributed by atoms with van der Waals surface area (Å²) in [5.74, 6) is 6.28. The van der Waals surface area contributed by atoms with Crippen LogP contribution in [0.25, 0.3) is 10.1 Å². The fourth-order valence-corrected chi connectivity index (χ4v) is 4.57. The van der Waals surface area contributed by atoms with Crippen LogP contribution in [0.15, 0.2) is 65.6 Å². The highest BCUT2D eigenvalue weighted by molar-refractivity contribution is 7.19. The van der Waals surface area contributed by atoms with Crippen LogP contribution in [-0.4, -0.2) is 22.2 Å². The smallest absolute Gasteiger partial charge is 0.335 e. The number of rotatable bonds is 6. The Labute approximate surface area is 195 Å². The van der Waals surface area contributed by atoms with Crippen LogP contribution in [0.1, 0.15) is 38.8 Å². The summed E-state index contributed by atoms with van der Waals surface area (Å²) in [4.78, 5) is 25.0. The van der Waals surface area contributed by atoms with Crippen molar-refractivity contribution < 1.29 is 14.6 Å².